The van der Waals surface area contributed by atoms with Crippen molar-refractivity contribution in [1.29, 1.82) is 0 Å². The second kappa shape index (κ2) is 6.66. The van der Waals surface area contributed by atoms with Crippen LogP contribution in [0.15, 0.2) is 24.3 Å². The highest BCUT2D eigenvalue weighted by Crippen LogP contribution is 2.29. The smallest absolute Gasteiger partial charge is 0.223 e. The van der Waals surface area contributed by atoms with Crippen molar-refractivity contribution in [2.45, 2.75) is 44.7 Å². The lowest BCUT2D eigenvalue weighted by molar-refractivity contribution is -0.132. The molecule has 0 heterocycles. The average Bonchev–Trinajstić information content (AvgIpc) is 3.22. The van der Waals surface area contributed by atoms with Crippen LogP contribution in [0.4, 0.5) is 4.39 Å². The Morgan fingerprint density at radius 2 is 1.95 bits per heavy atom. The third-order valence-corrected chi connectivity index (χ3v) is 3.37. The Hall–Kier alpha value is -1.42. The standard InChI is InChI=1S/C15H20FNO2/c16-13-6-4-12(5-7-13)11-17(14-8-9-14)15(19)3-1-2-10-18/h4-7,14,18H,1-3,8-11H2. The number of amides is 1. The Morgan fingerprint density at radius 1 is 1.26 bits per heavy atom. The molecule has 0 atom stereocenters. The van der Waals surface area contributed by atoms with E-state index in [1.807, 2.05) is 4.90 Å². The molecule has 0 aromatic heterocycles. The van der Waals surface area contributed by atoms with Gasteiger partial charge in [0.05, 0.1) is 0 Å². The predicted octanol–water partition coefficient (Wildman–Crippen LogP) is 2.48. The number of rotatable bonds is 7. The maximum Gasteiger partial charge on any atom is 0.223 e. The first-order valence-electron chi connectivity index (χ1n) is 6.85. The number of hydrogen-bond donors (Lipinski definition) is 1. The van der Waals surface area contributed by atoms with E-state index < -0.39 is 0 Å². The van der Waals surface area contributed by atoms with E-state index in [4.69, 9.17) is 5.11 Å². The van der Waals surface area contributed by atoms with Crippen molar-refractivity contribution >= 4 is 5.91 Å². The molecule has 3 nitrogen and oxygen atoms in total. The lowest BCUT2D eigenvalue weighted by Gasteiger charge is -2.22. The summed E-state index contributed by atoms with van der Waals surface area (Å²) < 4.78 is 12.9. The van der Waals surface area contributed by atoms with Crippen LogP contribution in [0, 0.1) is 5.82 Å². The maximum atomic E-state index is 12.9. The van der Waals surface area contributed by atoms with Gasteiger partial charge in [0, 0.05) is 25.6 Å². The van der Waals surface area contributed by atoms with Crippen LogP contribution in [0.2, 0.25) is 0 Å². The van der Waals surface area contributed by atoms with Crippen LogP contribution in [0.25, 0.3) is 0 Å². The van der Waals surface area contributed by atoms with Gasteiger partial charge in [0.2, 0.25) is 5.91 Å². The molecule has 104 valence electrons. The van der Waals surface area contributed by atoms with Gasteiger partial charge in [-0.15, -0.1) is 0 Å². The van der Waals surface area contributed by atoms with E-state index in [9.17, 15) is 9.18 Å². The van der Waals surface area contributed by atoms with E-state index in [0.717, 1.165) is 24.8 Å². The van der Waals surface area contributed by atoms with Gasteiger partial charge in [-0.25, -0.2) is 4.39 Å². The summed E-state index contributed by atoms with van der Waals surface area (Å²) in [5.41, 5.74) is 0.962. The van der Waals surface area contributed by atoms with E-state index >= 15 is 0 Å². The molecule has 1 amide bonds. The predicted molar refractivity (Wildman–Crippen MR) is 70.9 cm³/mol. The van der Waals surface area contributed by atoms with Crippen molar-refractivity contribution in [2.75, 3.05) is 6.61 Å². The zero-order chi connectivity index (χ0) is 13.7. The minimum Gasteiger partial charge on any atom is -0.396 e. The summed E-state index contributed by atoms with van der Waals surface area (Å²) in [4.78, 5) is 14.0. The Bertz CT molecular complexity index is 415. The van der Waals surface area contributed by atoms with Gasteiger partial charge in [0.25, 0.3) is 0 Å². The van der Waals surface area contributed by atoms with Gasteiger partial charge in [0.15, 0.2) is 0 Å². The highest BCUT2D eigenvalue weighted by Gasteiger charge is 2.31. The zero-order valence-corrected chi connectivity index (χ0v) is 11.0. The molecule has 0 unspecified atom stereocenters. The number of benzene rings is 1. The number of hydrogen-bond acceptors (Lipinski definition) is 2. The summed E-state index contributed by atoms with van der Waals surface area (Å²) in [6, 6.07) is 6.66. The number of aliphatic hydroxyl groups is 1. The van der Waals surface area contributed by atoms with Crippen molar-refractivity contribution in [2.24, 2.45) is 0 Å². The van der Waals surface area contributed by atoms with E-state index in [1.165, 1.54) is 12.1 Å². The van der Waals surface area contributed by atoms with Crippen molar-refractivity contribution in [1.82, 2.24) is 4.90 Å². The molecule has 1 aromatic rings. The number of nitrogens with zero attached hydrogens (tertiary/aromatic N) is 1. The van der Waals surface area contributed by atoms with E-state index in [1.54, 1.807) is 12.1 Å². The van der Waals surface area contributed by atoms with Gasteiger partial charge in [-0.2, -0.15) is 0 Å². The lowest BCUT2D eigenvalue weighted by Crippen LogP contribution is -2.32. The fourth-order valence-corrected chi connectivity index (χ4v) is 2.13. The van der Waals surface area contributed by atoms with Crippen molar-refractivity contribution in [3.8, 4) is 0 Å². The second-order valence-electron chi connectivity index (χ2n) is 5.06. The topological polar surface area (TPSA) is 40.5 Å². The molecular weight excluding hydrogens is 245 g/mol. The molecule has 0 aliphatic heterocycles. The van der Waals surface area contributed by atoms with Gasteiger partial charge < -0.3 is 10.0 Å². The Kier molecular flexibility index (Phi) is 4.91. The first-order chi connectivity index (χ1) is 9.20. The van der Waals surface area contributed by atoms with E-state index in [2.05, 4.69) is 0 Å². The van der Waals surface area contributed by atoms with Crippen LogP contribution in [0.5, 0.6) is 0 Å². The quantitative estimate of drug-likeness (QED) is 0.769. The van der Waals surface area contributed by atoms with Gasteiger partial charge >= 0.3 is 0 Å². The first kappa shape index (κ1) is 14.0. The number of halogens is 1. The monoisotopic (exact) mass is 265 g/mol. The van der Waals surface area contributed by atoms with E-state index in [-0.39, 0.29) is 18.3 Å². The first-order valence-corrected chi connectivity index (χ1v) is 6.85. The number of carbonyl (C=O) groups excluding carboxylic acids is 1. The Balaban J connectivity index is 1.92. The molecule has 0 bridgehead atoms. The largest absolute Gasteiger partial charge is 0.396 e. The van der Waals surface area contributed by atoms with Crippen LogP contribution in [-0.2, 0) is 11.3 Å². The van der Waals surface area contributed by atoms with Gasteiger partial charge in [-0.3, -0.25) is 4.79 Å². The van der Waals surface area contributed by atoms with Gasteiger partial charge in [-0.1, -0.05) is 12.1 Å². The second-order valence-corrected chi connectivity index (χ2v) is 5.06. The molecule has 0 spiro atoms. The van der Waals surface area contributed by atoms with Crippen LogP contribution in [-0.4, -0.2) is 28.6 Å². The molecule has 19 heavy (non-hydrogen) atoms. The molecule has 1 aromatic carbocycles. The summed E-state index contributed by atoms with van der Waals surface area (Å²) in [5.74, 6) is -0.115. The molecule has 1 fully saturated rings. The molecular formula is C15H20FNO2. The fourth-order valence-electron chi connectivity index (χ4n) is 2.13. The maximum absolute atomic E-state index is 12.9. The Labute approximate surface area is 113 Å². The van der Waals surface area contributed by atoms with Crippen LogP contribution < -0.4 is 0 Å². The lowest BCUT2D eigenvalue weighted by atomic mass is 10.1. The minimum absolute atomic E-state index is 0.134. The van der Waals surface area contributed by atoms with Crippen LogP contribution in [0.1, 0.15) is 37.7 Å². The molecule has 1 saturated carbocycles. The van der Waals surface area contributed by atoms with Gasteiger partial charge in [0.1, 0.15) is 5.82 Å². The third-order valence-electron chi connectivity index (χ3n) is 3.37. The normalized spacial score (nSPS) is 14.4. The third kappa shape index (κ3) is 4.31. The van der Waals surface area contributed by atoms with Gasteiger partial charge in [-0.05, 0) is 43.4 Å². The number of unbranched alkanes of at least 4 members (excludes halogenated alkanes) is 1. The van der Waals surface area contributed by atoms with Crippen molar-refractivity contribution < 1.29 is 14.3 Å². The SMILES string of the molecule is O=C(CCCCO)N(Cc1ccc(F)cc1)C1CC1. The zero-order valence-electron chi connectivity index (χ0n) is 11.0. The minimum atomic E-state index is -0.254. The van der Waals surface area contributed by atoms with Crippen LogP contribution in [0.3, 0.4) is 0 Å². The summed E-state index contributed by atoms with van der Waals surface area (Å²) in [6.45, 7) is 0.692. The van der Waals surface area contributed by atoms with E-state index in [0.29, 0.717) is 25.4 Å². The number of carbonyl (C=O) groups is 1. The molecule has 2 rings (SSSR count). The summed E-state index contributed by atoms with van der Waals surface area (Å²) in [5, 5.41) is 8.74. The summed E-state index contributed by atoms with van der Waals surface area (Å²) in [7, 11) is 0. The highest BCUT2D eigenvalue weighted by molar-refractivity contribution is 5.76. The fraction of sp³-hybridized carbons (Fsp3) is 0.533. The molecule has 0 saturated heterocycles. The molecule has 1 aliphatic rings. The Morgan fingerprint density at radius 3 is 2.53 bits per heavy atom. The summed E-state index contributed by atoms with van der Waals surface area (Å²) >= 11 is 0. The summed E-state index contributed by atoms with van der Waals surface area (Å²) in [6.07, 6.45) is 4.00. The van der Waals surface area contributed by atoms with Crippen LogP contribution >= 0.6 is 0 Å². The molecule has 4 heteroatoms. The molecule has 1 N–H and O–H groups in total. The number of aliphatic hydroxyl groups excluding tert-OH is 1. The van der Waals surface area contributed by atoms with Crippen molar-refractivity contribution in [3.05, 3.63) is 35.6 Å². The molecule has 0 radical (unpaired) electrons. The highest BCUT2D eigenvalue weighted by atomic mass is 19.1. The average molecular weight is 265 g/mol. The molecule has 1 aliphatic carbocycles. The van der Waals surface area contributed by atoms with Crippen molar-refractivity contribution in [3.63, 3.8) is 0 Å².